The molecule has 2 aromatic rings. The molecule has 1 saturated heterocycles. The number of rotatable bonds is 6. The number of carbonyl (C=O) groups is 4. The normalized spacial score (nSPS) is 15.7. The number of hydrogen-bond acceptors (Lipinski definition) is 5. The van der Waals surface area contributed by atoms with Crippen LogP contribution in [-0.4, -0.2) is 48.3 Å². The Hall–Kier alpha value is -3.68. The average Bonchev–Trinajstić information content (AvgIpc) is 3.16. The summed E-state index contributed by atoms with van der Waals surface area (Å²) in [4.78, 5) is 50.1. The zero-order chi connectivity index (χ0) is 22.5. The summed E-state index contributed by atoms with van der Waals surface area (Å²) >= 11 is 0. The summed E-state index contributed by atoms with van der Waals surface area (Å²) in [6.45, 7) is 4.27. The van der Waals surface area contributed by atoms with E-state index in [0.29, 0.717) is 29.0 Å². The van der Waals surface area contributed by atoms with Gasteiger partial charge >= 0.3 is 5.97 Å². The Morgan fingerprint density at radius 2 is 1.48 bits per heavy atom. The lowest BCUT2D eigenvalue weighted by Crippen LogP contribution is -2.33. The Labute approximate surface area is 180 Å². The molecule has 0 spiro atoms. The summed E-state index contributed by atoms with van der Waals surface area (Å²) in [7, 11) is 1.30. The fraction of sp³-hybridized carbons (Fsp3) is 0.304. The third kappa shape index (κ3) is 5.28. The average molecular weight is 423 g/mol. The van der Waals surface area contributed by atoms with Crippen LogP contribution in [0.15, 0.2) is 48.5 Å². The number of methoxy groups -OCH3 is 1. The van der Waals surface area contributed by atoms with Crippen LogP contribution in [0, 0.1) is 5.92 Å². The lowest BCUT2D eigenvalue weighted by atomic mass is 10.1. The van der Waals surface area contributed by atoms with E-state index in [4.69, 9.17) is 0 Å². The van der Waals surface area contributed by atoms with Gasteiger partial charge in [-0.2, -0.15) is 0 Å². The molecule has 1 heterocycles. The molecule has 31 heavy (non-hydrogen) atoms. The van der Waals surface area contributed by atoms with Crippen molar-refractivity contribution in [3.05, 3.63) is 59.7 Å². The Balaban J connectivity index is 1.57. The van der Waals surface area contributed by atoms with Crippen LogP contribution in [0.3, 0.4) is 0 Å². The van der Waals surface area contributed by atoms with Gasteiger partial charge in [0.05, 0.1) is 18.6 Å². The molecule has 1 unspecified atom stereocenters. The number of amides is 3. The van der Waals surface area contributed by atoms with Gasteiger partial charge in [0.25, 0.3) is 5.91 Å². The highest BCUT2D eigenvalue weighted by Crippen LogP contribution is 2.22. The van der Waals surface area contributed by atoms with Crippen molar-refractivity contribution in [1.82, 2.24) is 4.90 Å². The van der Waals surface area contributed by atoms with E-state index in [-0.39, 0.29) is 36.1 Å². The number of hydrogen-bond donors (Lipinski definition) is 2. The van der Waals surface area contributed by atoms with Gasteiger partial charge in [-0.15, -0.1) is 0 Å². The summed E-state index contributed by atoms with van der Waals surface area (Å²) in [5, 5.41) is 5.55. The summed E-state index contributed by atoms with van der Waals surface area (Å²) in [6.07, 6.45) is 0.208. The molecular weight excluding hydrogens is 398 g/mol. The largest absolute Gasteiger partial charge is 0.465 e. The van der Waals surface area contributed by atoms with Gasteiger partial charge < -0.3 is 20.3 Å². The van der Waals surface area contributed by atoms with Crippen molar-refractivity contribution in [2.45, 2.75) is 26.3 Å². The van der Waals surface area contributed by atoms with E-state index in [9.17, 15) is 19.2 Å². The van der Waals surface area contributed by atoms with Gasteiger partial charge in [-0.25, -0.2) is 4.79 Å². The number of esters is 1. The van der Waals surface area contributed by atoms with Gasteiger partial charge in [0.1, 0.15) is 0 Å². The summed E-state index contributed by atoms with van der Waals surface area (Å²) < 4.78 is 4.64. The van der Waals surface area contributed by atoms with E-state index in [1.54, 1.807) is 53.4 Å². The quantitative estimate of drug-likeness (QED) is 0.695. The fourth-order valence-electron chi connectivity index (χ4n) is 3.37. The molecule has 8 nitrogen and oxygen atoms in total. The summed E-state index contributed by atoms with van der Waals surface area (Å²) in [5.74, 6) is -1.38. The predicted molar refractivity (Wildman–Crippen MR) is 116 cm³/mol. The SMILES string of the molecule is COC(=O)c1ccc(NC(=O)c2ccc(NC(=O)C3CC(=O)N(C(C)C)C3)cc2)cc1. The highest BCUT2D eigenvalue weighted by Gasteiger charge is 2.35. The first-order valence-corrected chi connectivity index (χ1v) is 9.98. The van der Waals surface area contributed by atoms with Crippen molar-refractivity contribution < 1.29 is 23.9 Å². The Kier molecular flexibility index (Phi) is 6.69. The summed E-state index contributed by atoms with van der Waals surface area (Å²) in [5.41, 5.74) is 1.90. The lowest BCUT2D eigenvalue weighted by Gasteiger charge is -2.20. The Morgan fingerprint density at radius 3 is 2.00 bits per heavy atom. The molecule has 2 N–H and O–H groups in total. The van der Waals surface area contributed by atoms with Gasteiger partial charge in [0.15, 0.2) is 0 Å². The smallest absolute Gasteiger partial charge is 0.337 e. The van der Waals surface area contributed by atoms with Crippen LogP contribution in [0.4, 0.5) is 11.4 Å². The number of carbonyl (C=O) groups excluding carboxylic acids is 4. The fourth-order valence-corrected chi connectivity index (χ4v) is 3.37. The molecule has 1 fully saturated rings. The molecule has 1 atom stereocenters. The standard InChI is InChI=1S/C23H25N3O5/c1-14(2)26-13-17(12-20(26)27)22(29)25-18-8-4-15(5-9-18)21(28)24-19-10-6-16(7-11-19)23(30)31-3/h4-11,14,17H,12-13H2,1-3H3,(H,24,28)(H,25,29). The molecule has 3 rings (SSSR count). The van der Waals surface area contributed by atoms with Crippen LogP contribution in [0.5, 0.6) is 0 Å². The third-order valence-corrected chi connectivity index (χ3v) is 5.13. The highest BCUT2D eigenvalue weighted by atomic mass is 16.5. The lowest BCUT2D eigenvalue weighted by molar-refractivity contribution is -0.129. The third-order valence-electron chi connectivity index (χ3n) is 5.13. The molecule has 8 heteroatoms. The maximum absolute atomic E-state index is 12.5. The molecule has 0 aliphatic carbocycles. The van der Waals surface area contributed by atoms with Gasteiger partial charge in [-0.05, 0) is 62.4 Å². The van der Waals surface area contributed by atoms with Gasteiger partial charge in [0.2, 0.25) is 11.8 Å². The highest BCUT2D eigenvalue weighted by molar-refractivity contribution is 6.05. The molecular formula is C23H25N3O5. The van der Waals surface area contributed by atoms with Gasteiger partial charge in [-0.1, -0.05) is 0 Å². The Morgan fingerprint density at radius 1 is 0.935 bits per heavy atom. The molecule has 162 valence electrons. The monoisotopic (exact) mass is 423 g/mol. The van der Waals surface area contributed by atoms with Crippen molar-refractivity contribution in [1.29, 1.82) is 0 Å². The molecule has 1 aliphatic heterocycles. The van der Waals surface area contributed by atoms with Crippen LogP contribution >= 0.6 is 0 Å². The molecule has 3 amide bonds. The van der Waals surface area contributed by atoms with Gasteiger partial charge in [0, 0.05) is 35.9 Å². The first kappa shape index (κ1) is 22.0. The van der Waals surface area contributed by atoms with Gasteiger partial charge in [-0.3, -0.25) is 14.4 Å². The second kappa shape index (κ2) is 9.42. The van der Waals surface area contributed by atoms with Crippen molar-refractivity contribution in [2.24, 2.45) is 5.92 Å². The number of anilines is 2. The number of likely N-dealkylation sites (tertiary alicyclic amines) is 1. The minimum Gasteiger partial charge on any atom is -0.465 e. The number of ether oxygens (including phenoxy) is 1. The summed E-state index contributed by atoms with van der Waals surface area (Å²) in [6, 6.07) is 12.9. The zero-order valence-electron chi connectivity index (χ0n) is 17.7. The van der Waals surface area contributed by atoms with Crippen LogP contribution < -0.4 is 10.6 Å². The number of nitrogens with zero attached hydrogens (tertiary/aromatic N) is 1. The van der Waals surface area contributed by atoms with Crippen molar-refractivity contribution >= 4 is 35.1 Å². The van der Waals surface area contributed by atoms with E-state index in [0.717, 1.165) is 0 Å². The number of benzene rings is 2. The van der Waals surface area contributed by atoms with Crippen LogP contribution in [0.25, 0.3) is 0 Å². The molecule has 0 saturated carbocycles. The maximum Gasteiger partial charge on any atom is 0.337 e. The van der Waals surface area contributed by atoms with Crippen LogP contribution in [-0.2, 0) is 14.3 Å². The van der Waals surface area contributed by atoms with E-state index in [2.05, 4.69) is 15.4 Å². The minimum atomic E-state index is -0.450. The molecule has 0 bridgehead atoms. The molecule has 2 aromatic carbocycles. The molecule has 1 aliphatic rings. The Bertz CT molecular complexity index is 983. The minimum absolute atomic E-state index is 0.0122. The first-order chi connectivity index (χ1) is 14.8. The van der Waals surface area contributed by atoms with Crippen molar-refractivity contribution in [3.63, 3.8) is 0 Å². The number of nitrogens with one attached hydrogen (secondary N) is 2. The molecule has 0 aromatic heterocycles. The van der Waals surface area contributed by atoms with Crippen molar-refractivity contribution in [2.75, 3.05) is 24.3 Å². The first-order valence-electron chi connectivity index (χ1n) is 9.98. The topological polar surface area (TPSA) is 105 Å². The second-order valence-electron chi connectivity index (χ2n) is 7.63. The van der Waals surface area contributed by atoms with Crippen LogP contribution in [0.2, 0.25) is 0 Å². The predicted octanol–water partition coefficient (Wildman–Crippen LogP) is 2.92. The van der Waals surface area contributed by atoms with E-state index in [1.165, 1.54) is 7.11 Å². The van der Waals surface area contributed by atoms with E-state index < -0.39 is 5.97 Å². The zero-order valence-corrected chi connectivity index (χ0v) is 17.7. The second-order valence-corrected chi connectivity index (χ2v) is 7.63. The maximum atomic E-state index is 12.5. The van der Waals surface area contributed by atoms with E-state index in [1.807, 2.05) is 13.8 Å². The van der Waals surface area contributed by atoms with Crippen molar-refractivity contribution in [3.8, 4) is 0 Å². The van der Waals surface area contributed by atoms with Crippen LogP contribution in [0.1, 0.15) is 41.0 Å². The van der Waals surface area contributed by atoms with E-state index >= 15 is 0 Å². The molecule has 0 radical (unpaired) electrons.